The monoisotopic (exact) mass is 378 g/mol. The van der Waals surface area contributed by atoms with Crippen LogP contribution in [0.3, 0.4) is 0 Å². The predicted octanol–water partition coefficient (Wildman–Crippen LogP) is 1.99. The average Bonchev–Trinajstić information content (AvgIpc) is 3.35. The first-order valence-electron chi connectivity index (χ1n) is 9.36. The number of benzene rings is 1. The smallest absolute Gasteiger partial charge is 0.223 e. The zero-order valence-corrected chi connectivity index (χ0v) is 15.9. The molecule has 0 spiro atoms. The maximum atomic E-state index is 6.15. The predicted molar refractivity (Wildman–Crippen MR) is 107 cm³/mol. The number of nitrogens with zero attached hydrogens (tertiary/aromatic N) is 7. The lowest BCUT2D eigenvalue weighted by Gasteiger charge is -2.32. The van der Waals surface area contributed by atoms with E-state index >= 15 is 0 Å². The summed E-state index contributed by atoms with van der Waals surface area (Å²) in [6.07, 6.45) is 6.07. The molecule has 0 amide bonds. The second-order valence-corrected chi connectivity index (χ2v) is 7.22. The van der Waals surface area contributed by atoms with E-state index in [1.807, 2.05) is 42.3 Å². The Morgan fingerprint density at radius 2 is 2.14 bits per heavy atom. The standard InChI is InChI=1S/C19H22N8O/c1-25-11-13(9-21-25)26-7-3-4-12(10-26)17-23-18-15-8-14(28-2)5-6-16(15)22-19(20)27(18)24-17/h5-6,8-9,11-12H,3-4,7,10H2,1-2H3,(H2,20,22). The highest BCUT2D eigenvalue weighted by atomic mass is 16.5. The van der Waals surface area contributed by atoms with Gasteiger partial charge in [-0.25, -0.2) is 9.97 Å². The van der Waals surface area contributed by atoms with Crippen molar-refractivity contribution < 1.29 is 4.74 Å². The zero-order valence-electron chi connectivity index (χ0n) is 15.9. The van der Waals surface area contributed by atoms with Crippen molar-refractivity contribution in [2.24, 2.45) is 7.05 Å². The molecule has 0 radical (unpaired) electrons. The van der Waals surface area contributed by atoms with Crippen LogP contribution in [0.25, 0.3) is 16.6 Å². The molecular weight excluding hydrogens is 356 g/mol. The molecule has 1 aromatic carbocycles. The summed E-state index contributed by atoms with van der Waals surface area (Å²) in [6.45, 7) is 1.87. The number of rotatable bonds is 3. The number of ether oxygens (including phenoxy) is 1. The number of nitrogens with two attached hydrogens (primary N) is 1. The summed E-state index contributed by atoms with van der Waals surface area (Å²) in [7, 11) is 3.58. The number of hydrogen-bond donors (Lipinski definition) is 1. The quantitative estimate of drug-likeness (QED) is 0.582. The number of anilines is 2. The lowest BCUT2D eigenvalue weighted by atomic mass is 9.97. The fourth-order valence-corrected chi connectivity index (χ4v) is 3.92. The van der Waals surface area contributed by atoms with Gasteiger partial charge in [0.25, 0.3) is 0 Å². The van der Waals surface area contributed by atoms with E-state index in [-0.39, 0.29) is 5.92 Å². The van der Waals surface area contributed by atoms with Crippen LogP contribution in [0.2, 0.25) is 0 Å². The third-order valence-corrected chi connectivity index (χ3v) is 5.36. The normalized spacial score (nSPS) is 17.5. The second-order valence-electron chi connectivity index (χ2n) is 7.22. The number of aromatic nitrogens is 6. The number of fused-ring (bicyclic) bond motifs is 3. The summed E-state index contributed by atoms with van der Waals surface area (Å²) in [4.78, 5) is 11.7. The van der Waals surface area contributed by atoms with Crippen LogP contribution in [0.15, 0.2) is 30.6 Å². The van der Waals surface area contributed by atoms with Gasteiger partial charge in [-0.05, 0) is 31.0 Å². The number of aryl methyl sites for hydroxylation is 1. The van der Waals surface area contributed by atoms with Gasteiger partial charge in [0.15, 0.2) is 11.5 Å². The minimum atomic E-state index is 0.230. The van der Waals surface area contributed by atoms with Gasteiger partial charge in [-0.2, -0.15) is 9.61 Å². The van der Waals surface area contributed by atoms with Crippen LogP contribution in [-0.4, -0.2) is 49.6 Å². The number of nitrogen functional groups attached to an aromatic ring is 1. The molecule has 0 saturated carbocycles. The molecule has 1 saturated heterocycles. The van der Waals surface area contributed by atoms with E-state index in [1.165, 1.54) is 0 Å². The highest BCUT2D eigenvalue weighted by Crippen LogP contribution is 2.30. The average molecular weight is 378 g/mol. The van der Waals surface area contributed by atoms with Crippen molar-refractivity contribution in [3.8, 4) is 5.75 Å². The Bertz CT molecular complexity index is 1160. The first-order valence-corrected chi connectivity index (χ1v) is 9.36. The lowest BCUT2D eigenvalue weighted by molar-refractivity contribution is 0.415. The first kappa shape index (κ1) is 16.8. The molecule has 1 fully saturated rings. The van der Waals surface area contributed by atoms with Gasteiger partial charge in [0, 0.05) is 37.6 Å². The zero-order chi connectivity index (χ0) is 19.3. The summed E-state index contributed by atoms with van der Waals surface area (Å²) in [6, 6.07) is 5.69. The summed E-state index contributed by atoms with van der Waals surface area (Å²) in [5.74, 6) is 2.13. The molecule has 2 N–H and O–H groups in total. The Hall–Kier alpha value is -3.36. The Kier molecular flexibility index (Phi) is 3.81. The fraction of sp³-hybridized carbons (Fsp3) is 0.368. The highest BCUT2D eigenvalue weighted by Gasteiger charge is 2.26. The van der Waals surface area contributed by atoms with Gasteiger partial charge in [-0.1, -0.05) is 0 Å². The van der Waals surface area contributed by atoms with Crippen molar-refractivity contribution in [2.45, 2.75) is 18.8 Å². The van der Waals surface area contributed by atoms with Crippen LogP contribution in [0, 0.1) is 0 Å². The fourth-order valence-electron chi connectivity index (χ4n) is 3.92. The van der Waals surface area contributed by atoms with Gasteiger partial charge in [0.2, 0.25) is 5.95 Å². The van der Waals surface area contributed by atoms with Crippen molar-refractivity contribution in [1.82, 2.24) is 29.4 Å². The van der Waals surface area contributed by atoms with Crippen molar-refractivity contribution in [3.05, 3.63) is 36.4 Å². The van der Waals surface area contributed by atoms with Crippen molar-refractivity contribution in [1.29, 1.82) is 0 Å². The molecule has 1 aliphatic rings. The first-order chi connectivity index (χ1) is 13.6. The van der Waals surface area contributed by atoms with Crippen LogP contribution in [0.4, 0.5) is 11.6 Å². The van der Waals surface area contributed by atoms with Crippen LogP contribution in [-0.2, 0) is 7.05 Å². The topological polar surface area (TPSA) is 99.4 Å². The molecule has 28 heavy (non-hydrogen) atoms. The Morgan fingerprint density at radius 3 is 2.93 bits per heavy atom. The van der Waals surface area contributed by atoms with Gasteiger partial charge in [-0.3, -0.25) is 4.68 Å². The molecule has 9 heteroatoms. The maximum Gasteiger partial charge on any atom is 0.223 e. The minimum Gasteiger partial charge on any atom is -0.497 e. The van der Waals surface area contributed by atoms with E-state index in [9.17, 15) is 0 Å². The Balaban J connectivity index is 1.55. The molecule has 0 bridgehead atoms. The third-order valence-electron chi connectivity index (χ3n) is 5.36. The van der Waals surface area contributed by atoms with E-state index in [0.29, 0.717) is 5.95 Å². The molecule has 1 unspecified atom stereocenters. The second kappa shape index (κ2) is 6.36. The minimum absolute atomic E-state index is 0.230. The molecule has 5 rings (SSSR count). The highest BCUT2D eigenvalue weighted by molar-refractivity contribution is 5.93. The summed E-state index contributed by atoms with van der Waals surface area (Å²) in [5.41, 5.74) is 8.79. The molecule has 1 aliphatic heterocycles. The molecule has 0 aliphatic carbocycles. The summed E-state index contributed by atoms with van der Waals surface area (Å²) in [5, 5.41) is 9.88. The molecule has 9 nitrogen and oxygen atoms in total. The van der Waals surface area contributed by atoms with Crippen molar-refractivity contribution >= 4 is 28.2 Å². The number of methoxy groups -OCH3 is 1. The van der Waals surface area contributed by atoms with Gasteiger partial charge < -0.3 is 15.4 Å². The van der Waals surface area contributed by atoms with Crippen molar-refractivity contribution in [2.75, 3.05) is 30.8 Å². The van der Waals surface area contributed by atoms with Crippen LogP contribution in [0.1, 0.15) is 24.6 Å². The molecule has 3 aromatic heterocycles. The van der Waals surface area contributed by atoms with E-state index < -0.39 is 0 Å². The van der Waals surface area contributed by atoms with Crippen LogP contribution >= 0.6 is 0 Å². The molecule has 144 valence electrons. The number of hydrogen-bond acceptors (Lipinski definition) is 7. The SMILES string of the molecule is COc1ccc2nc(N)n3nc(C4CCCN(c5cnn(C)c5)C4)nc3c2c1. The van der Waals surface area contributed by atoms with Crippen molar-refractivity contribution in [3.63, 3.8) is 0 Å². The van der Waals surface area contributed by atoms with Gasteiger partial charge >= 0.3 is 0 Å². The number of piperidine rings is 1. The largest absolute Gasteiger partial charge is 0.497 e. The summed E-state index contributed by atoms with van der Waals surface area (Å²) >= 11 is 0. The Morgan fingerprint density at radius 1 is 1.25 bits per heavy atom. The van der Waals surface area contributed by atoms with Crippen LogP contribution < -0.4 is 15.4 Å². The van der Waals surface area contributed by atoms with Gasteiger partial charge in [0.05, 0.1) is 24.5 Å². The molecule has 1 atom stereocenters. The van der Waals surface area contributed by atoms with Crippen LogP contribution in [0.5, 0.6) is 5.75 Å². The lowest BCUT2D eigenvalue weighted by Crippen LogP contribution is -2.34. The van der Waals surface area contributed by atoms with E-state index in [4.69, 9.17) is 20.6 Å². The van der Waals surface area contributed by atoms with E-state index in [1.54, 1.807) is 11.6 Å². The van der Waals surface area contributed by atoms with Gasteiger partial charge in [0.1, 0.15) is 5.75 Å². The maximum absolute atomic E-state index is 6.15. The molecule has 4 heterocycles. The van der Waals surface area contributed by atoms with E-state index in [0.717, 1.165) is 59.7 Å². The molecule has 4 aromatic rings. The van der Waals surface area contributed by atoms with E-state index in [2.05, 4.69) is 15.0 Å². The van der Waals surface area contributed by atoms with Gasteiger partial charge in [-0.15, -0.1) is 5.10 Å². The Labute approximate surface area is 161 Å². The third kappa shape index (κ3) is 2.70. The molecular formula is C19H22N8O. The summed E-state index contributed by atoms with van der Waals surface area (Å²) < 4.78 is 8.82.